The first-order chi connectivity index (χ1) is 9.16. The Balaban J connectivity index is 1.98. The Bertz CT molecular complexity index is 611. The van der Waals surface area contributed by atoms with Gasteiger partial charge >= 0.3 is 0 Å². The third-order valence-electron chi connectivity index (χ3n) is 2.73. The van der Waals surface area contributed by atoms with Gasteiger partial charge in [0.2, 0.25) is 0 Å². The number of hydrogen-bond acceptors (Lipinski definition) is 3. The van der Waals surface area contributed by atoms with E-state index in [4.69, 9.17) is 4.74 Å². The van der Waals surface area contributed by atoms with Crippen molar-refractivity contribution in [1.29, 1.82) is 0 Å². The van der Waals surface area contributed by atoms with Crippen LogP contribution in [-0.2, 0) is 6.54 Å². The normalized spacial score (nSPS) is 10.2. The number of benzene rings is 1. The van der Waals surface area contributed by atoms with Gasteiger partial charge in [-0.2, -0.15) is 0 Å². The summed E-state index contributed by atoms with van der Waals surface area (Å²) in [6.07, 6.45) is 3.42. The number of carbonyl (C=O) groups excluding carboxylic acids is 1. The van der Waals surface area contributed by atoms with Gasteiger partial charge in [0.15, 0.2) is 11.2 Å². The fraction of sp³-hybridized carbons (Fsp3) is 0.200. The van der Waals surface area contributed by atoms with Gasteiger partial charge in [-0.15, -0.1) is 0 Å². The number of aromatic nitrogens is 1. The van der Waals surface area contributed by atoms with Gasteiger partial charge < -0.3 is 9.30 Å². The van der Waals surface area contributed by atoms with E-state index < -0.39 is 0 Å². The van der Waals surface area contributed by atoms with Gasteiger partial charge in [-0.25, -0.2) is 0 Å². The fourth-order valence-corrected chi connectivity index (χ4v) is 1.74. The largest absolute Gasteiger partial charge is 0.491 e. The molecule has 0 atom stereocenters. The number of nitrogens with zero attached hydrogens (tertiary/aromatic N) is 1. The van der Waals surface area contributed by atoms with Gasteiger partial charge in [0.05, 0.1) is 12.1 Å². The number of Topliss-reactive ketones (excluding diaryl/α,β-unsaturated/α-hetero) is 1. The molecule has 0 bridgehead atoms. The van der Waals surface area contributed by atoms with Crippen molar-refractivity contribution < 1.29 is 9.53 Å². The molecule has 4 heteroatoms. The summed E-state index contributed by atoms with van der Waals surface area (Å²) >= 11 is 0. The minimum atomic E-state index is -0.0149. The lowest BCUT2D eigenvalue weighted by atomic mass is 10.1. The number of hydrogen-bond donors (Lipinski definition) is 0. The molecule has 0 aliphatic heterocycles. The molecular formula is C15H15NO3. The molecule has 0 unspecified atom stereocenters. The van der Waals surface area contributed by atoms with Crippen LogP contribution in [-0.4, -0.2) is 17.0 Å². The van der Waals surface area contributed by atoms with Crippen LogP contribution in [0.4, 0.5) is 0 Å². The van der Waals surface area contributed by atoms with Crippen molar-refractivity contribution >= 4 is 5.78 Å². The molecule has 0 saturated heterocycles. The first kappa shape index (κ1) is 13.1. The average Bonchev–Trinajstić information content (AvgIpc) is 2.41. The van der Waals surface area contributed by atoms with Crippen LogP contribution in [0.5, 0.6) is 5.75 Å². The second kappa shape index (κ2) is 6.00. The molecule has 4 nitrogen and oxygen atoms in total. The zero-order chi connectivity index (χ0) is 13.7. The molecular weight excluding hydrogens is 242 g/mol. The van der Waals surface area contributed by atoms with Crippen LogP contribution >= 0.6 is 0 Å². The van der Waals surface area contributed by atoms with Crippen LogP contribution in [0.15, 0.2) is 53.6 Å². The molecule has 0 N–H and O–H groups in total. The molecule has 1 aromatic heterocycles. The van der Waals surface area contributed by atoms with Gasteiger partial charge in [-0.1, -0.05) is 12.1 Å². The van der Waals surface area contributed by atoms with Crippen molar-refractivity contribution in [3.63, 3.8) is 0 Å². The van der Waals surface area contributed by atoms with E-state index in [2.05, 4.69) is 0 Å². The van der Waals surface area contributed by atoms with E-state index in [1.54, 1.807) is 24.5 Å². The molecule has 2 rings (SSSR count). The van der Waals surface area contributed by atoms with Gasteiger partial charge in [0.25, 0.3) is 0 Å². The first-order valence-electron chi connectivity index (χ1n) is 6.06. The van der Waals surface area contributed by atoms with Gasteiger partial charge in [0, 0.05) is 24.5 Å². The Morgan fingerprint density at radius 1 is 1.16 bits per heavy atom. The van der Waals surface area contributed by atoms with E-state index in [1.165, 1.54) is 19.1 Å². The van der Waals surface area contributed by atoms with E-state index in [-0.39, 0.29) is 11.2 Å². The number of rotatable bonds is 5. The van der Waals surface area contributed by atoms with Gasteiger partial charge in [-0.05, 0) is 19.1 Å². The van der Waals surface area contributed by atoms with Crippen molar-refractivity contribution in [1.82, 2.24) is 4.57 Å². The molecule has 0 aliphatic rings. The molecule has 1 heterocycles. The number of ether oxygens (including phenoxy) is 1. The predicted molar refractivity (Wildman–Crippen MR) is 72.6 cm³/mol. The standard InChI is InChI=1S/C15H15NO3/c1-12(17)14-4-2-3-5-15(14)19-11-10-16-8-6-13(18)7-9-16/h2-9H,10-11H2,1H3. The lowest BCUT2D eigenvalue weighted by Crippen LogP contribution is -2.11. The van der Waals surface area contributed by atoms with Crippen LogP contribution in [0.1, 0.15) is 17.3 Å². The van der Waals surface area contributed by atoms with E-state index in [9.17, 15) is 9.59 Å². The topological polar surface area (TPSA) is 48.3 Å². The van der Waals surface area contributed by atoms with Crippen molar-refractivity contribution in [3.8, 4) is 5.75 Å². The van der Waals surface area contributed by atoms with Crippen LogP contribution in [0, 0.1) is 0 Å². The minimum Gasteiger partial charge on any atom is -0.491 e. The van der Waals surface area contributed by atoms with E-state index in [0.717, 1.165) is 0 Å². The molecule has 2 aromatic rings. The third-order valence-corrected chi connectivity index (χ3v) is 2.73. The second-order valence-electron chi connectivity index (χ2n) is 4.17. The van der Waals surface area contributed by atoms with Crippen molar-refractivity contribution in [3.05, 3.63) is 64.6 Å². The lowest BCUT2D eigenvalue weighted by Gasteiger charge is -2.10. The van der Waals surface area contributed by atoms with Crippen LogP contribution in [0.25, 0.3) is 0 Å². The SMILES string of the molecule is CC(=O)c1ccccc1OCCn1ccc(=O)cc1. The van der Waals surface area contributed by atoms with E-state index in [0.29, 0.717) is 24.5 Å². The summed E-state index contributed by atoms with van der Waals surface area (Å²) in [4.78, 5) is 22.4. The molecule has 0 spiro atoms. The number of ketones is 1. The molecule has 1 aromatic carbocycles. The summed E-state index contributed by atoms with van der Waals surface area (Å²) in [5, 5.41) is 0. The Labute approximate surface area is 111 Å². The molecule has 0 radical (unpaired) electrons. The quantitative estimate of drug-likeness (QED) is 0.771. The molecule has 98 valence electrons. The Morgan fingerprint density at radius 3 is 2.53 bits per heavy atom. The highest BCUT2D eigenvalue weighted by atomic mass is 16.5. The Morgan fingerprint density at radius 2 is 1.84 bits per heavy atom. The average molecular weight is 257 g/mol. The summed E-state index contributed by atoms with van der Waals surface area (Å²) in [7, 11) is 0. The smallest absolute Gasteiger partial charge is 0.181 e. The summed E-state index contributed by atoms with van der Waals surface area (Å²) in [6.45, 7) is 2.57. The summed E-state index contributed by atoms with van der Waals surface area (Å²) < 4.78 is 7.47. The fourth-order valence-electron chi connectivity index (χ4n) is 1.74. The number of para-hydroxylation sites is 1. The molecule has 0 fully saturated rings. The van der Waals surface area contributed by atoms with Crippen molar-refractivity contribution in [2.45, 2.75) is 13.5 Å². The molecule has 0 amide bonds. The Hall–Kier alpha value is -2.36. The zero-order valence-corrected chi connectivity index (χ0v) is 10.7. The zero-order valence-electron chi connectivity index (χ0n) is 10.7. The van der Waals surface area contributed by atoms with Crippen molar-refractivity contribution in [2.75, 3.05) is 6.61 Å². The highest BCUT2D eigenvalue weighted by molar-refractivity contribution is 5.96. The van der Waals surface area contributed by atoms with E-state index in [1.807, 2.05) is 16.7 Å². The third kappa shape index (κ3) is 3.55. The van der Waals surface area contributed by atoms with Crippen LogP contribution < -0.4 is 10.2 Å². The maximum absolute atomic E-state index is 11.4. The molecule has 19 heavy (non-hydrogen) atoms. The second-order valence-corrected chi connectivity index (χ2v) is 4.17. The highest BCUT2D eigenvalue weighted by Gasteiger charge is 2.06. The number of pyridine rings is 1. The van der Waals surface area contributed by atoms with Crippen LogP contribution in [0.3, 0.4) is 0 Å². The van der Waals surface area contributed by atoms with Gasteiger partial charge in [-0.3, -0.25) is 9.59 Å². The van der Waals surface area contributed by atoms with Crippen LogP contribution in [0.2, 0.25) is 0 Å². The summed E-state index contributed by atoms with van der Waals surface area (Å²) in [5.41, 5.74) is 0.571. The summed E-state index contributed by atoms with van der Waals surface area (Å²) in [6, 6.07) is 10.2. The number of carbonyl (C=O) groups is 1. The Kier molecular flexibility index (Phi) is 4.13. The van der Waals surface area contributed by atoms with Gasteiger partial charge in [0.1, 0.15) is 12.4 Å². The lowest BCUT2D eigenvalue weighted by molar-refractivity contribution is 0.101. The summed E-state index contributed by atoms with van der Waals surface area (Å²) in [5.74, 6) is 0.579. The minimum absolute atomic E-state index is 0.0147. The predicted octanol–water partition coefficient (Wildman–Crippen LogP) is 2.13. The first-order valence-corrected chi connectivity index (χ1v) is 6.06. The van der Waals surface area contributed by atoms with E-state index >= 15 is 0 Å². The molecule has 0 saturated carbocycles. The highest BCUT2D eigenvalue weighted by Crippen LogP contribution is 2.18. The maximum atomic E-state index is 11.4. The maximum Gasteiger partial charge on any atom is 0.181 e. The monoisotopic (exact) mass is 257 g/mol. The van der Waals surface area contributed by atoms with Crippen molar-refractivity contribution in [2.24, 2.45) is 0 Å². The molecule has 0 aliphatic carbocycles.